The molecule has 1 aliphatic rings. The first kappa shape index (κ1) is 25.9. The number of rotatable bonds is 7. The van der Waals surface area contributed by atoms with Gasteiger partial charge in [0, 0.05) is 29.2 Å². The van der Waals surface area contributed by atoms with Crippen LogP contribution in [0.2, 0.25) is 0 Å². The van der Waals surface area contributed by atoms with Crippen molar-refractivity contribution in [2.24, 2.45) is 0 Å². The second-order valence-electron chi connectivity index (χ2n) is 9.77. The smallest absolute Gasteiger partial charge is 0.300 e. The summed E-state index contributed by atoms with van der Waals surface area (Å²) in [5.74, 6) is -0.324. The highest BCUT2D eigenvalue weighted by molar-refractivity contribution is 6.51. The Balaban J connectivity index is 1.89. The van der Waals surface area contributed by atoms with Gasteiger partial charge in [0.1, 0.15) is 17.3 Å². The van der Waals surface area contributed by atoms with Gasteiger partial charge < -0.3 is 14.6 Å². The van der Waals surface area contributed by atoms with Gasteiger partial charge >= 0.3 is 0 Å². The number of carbonyl (C=O) groups excluding carboxylic acids is 2. The zero-order chi connectivity index (χ0) is 26.7. The van der Waals surface area contributed by atoms with Crippen LogP contribution in [0.1, 0.15) is 57.4 Å². The highest BCUT2D eigenvalue weighted by Gasteiger charge is 2.47. The number of benzene rings is 2. The van der Waals surface area contributed by atoms with Gasteiger partial charge in [0.05, 0.1) is 24.8 Å². The molecule has 1 fully saturated rings. The number of carbonyl (C=O) groups is 2. The third-order valence-electron chi connectivity index (χ3n) is 6.25. The largest absolute Gasteiger partial charge is 0.507 e. The maximum atomic E-state index is 13.4. The van der Waals surface area contributed by atoms with Crippen LogP contribution in [0.4, 0.5) is 5.69 Å². The van der Waals surface area contributed by atoms with E-state index in [1.165, 1.54) is 4.90 Å². The highest BCUT2D eigenvalue weighted by atomic mass is 16.5. The second kappa shape index (κ2) is 10.5. The van der Waals surface area contributed by atoms with Crippen LogP contribution >= 0.6 is 0 Å². The molecule has 1 N–H and O–H groups in total. The van der Waals surface area contributed by atoms with Gasteiger partial charge in [-0.2, -0.15) is 0 Å². The Morgan fingerprint density at radius 3 is 2.19 bits per heavy atom. The van der Waals surface area contributed by atoms with Gasteiger partial charge in [-0.1, -0.05) is 20.8 Å². The van der Waals surface area contributed by atoms with Crippen LogP contribution in [0.15, 0.2) is 72.6 Å². The average molecular weight is 501 g/mol. The Hall–Kier alpha value is -4.13. The molecule has 1 saturated heterocycles. The molecule has 2 heterocycles. The van der Waals surface area contributed by atoms with E-state index in [0.29, 0.717) is 41.5 Å². The van der Waals surface area contributed by atoms with Crippen molar-refractivity contribution in [1.29, 1.82) is 0 Å². The Bertz CT molecular complexity index is 1320. The molecule has 1 aliphatic heterocycles. The molecule has 0 saturated carbocycles. The zero-order valence-corrected chi connectivity index (χ0v) is 21.8. The summed E-state index contributed by atoms with van der Waals surface area (Å²) in [6.07, 6.45) is 3.20. The lowest BCUT2D eigenvalue weighted by molar-refractivity contribution is -0.132. The van der Waals surface area contributed by atoms with Crippen molar-refractivity contribution >= 4 is 23.1 Å². The zero-order valence-electron chi connectivity index (χ0n) is 21.8. The van der Waals surface area contributed by atoms with Gasteiger partial charge in [-0.05, 0) is 79.4 Å². The minimum absolute atomic E-state index is 0.0223. The third-order valence-corrected chi connectivity index (χ3v) is 6.25. The summed E-state index contributed by atoms with van der Waals surface area (Å²) >= 11 is 0. The maximum Gasteiger partial charge on any atom is 0.300 e. The Morgan fingerprint density at radius 1 is 0.946 bits per heavy atom. The molecule has 0 spiro atoms. The predicted molar refractivity (Wildman–Crippen MR) is 143 cm³/mol. The first-order valence-electron chi connectivity index (χ1n) is 12.4. The van der Waals surface area contributed by atoms with Crippen LogP contribution in [-0.2, 0) is 15.0 Å². The molecule has 192 valence electrons. The fourth-order valence-electron chi connectivity index (χ4n) is 4.53. The van der Waals surface area contributed by atoms with E-state index < -0.39 is 17.7 Å². The van der Waals surface area contributed by atoms with Crippen LogP contribution < -0.4 is 14.4 Å². The van der Waals surface area contributed by atoms with Crippen LogP contribution in [-0.4, -0.2) is 35.0 Å². The van der Waals surface area contributed by atoms with Crippen molar-refractivity contribution in [1.82, 2.24) is 4.98 Å². The number of nitrogens with zero attached hydrogens (tertiary/aromatic N) is 2. The number of ether oxygens (including phenoxy) is 2. The minimum atomic E-state index is -0.828. The van der Waals surface area contributed by atoms with Crippen molar-refractivity contribution in [2.75, 3.05) is 18.1 Å². The molecule has 37 heavy (non-hydrogen) atoms. The van der Waals surface area contributed by atoms with E-state index >= 15 is 0 Å². The van der Waals surface area contributed by atoms with Crippen molar-refractivity contribution in [3.63, 3.8) is 0 Å². The van der Waals surface area contributed by atoms with Crippen molar-refractivity contribution in [3.8, 4) is 11.5 Å². The SMILES string of the molecule is CCOc1ccc(N2C(=O)C(=O)/C(=C(\O)c3ccc(OCC)c(C(C)(C)C)c3)C2c2ccncc2)cc1. The summed E-state index contributed by atoms with van der Waals surface area (Å²) in [4.78, 5) is 32.3. The van der Waals surface area contributed by atoms with Gasteiger partial charge in [-0.15, -0.1) is 0 Å². The van der Waals surface area contributed by atoms with Crippen molar-refractivity contribution in [2.45, 2.75) is 46.1 Å². The second-order valence-corrected chi connectivity index (χ2v) is 9.77. The van der Waals surface area contributed by atoms with E-state index in [1.807, 2.05) is 19.9 Å². The molecule has 3 aromatic rings. The van der Waals surface area contributed by atoms with E-state index in [4.69, 9.17) is 9.47 Å². The summed E-state index contributed by atoms with van der Waals surface area (Å²) in [7, 11) is 0. The Labute approximate surface area is 217 Å². The predicted octanol–water partition coefficient (Wildman–Crippen LogP) is 5.80. The molecule has 0 radical (unpaired) electrons. The number of aromatic nitrogens is 1. The maximum absolute atomic E-state index is 13.4. The van der Waals surface area contributed by atoms with E-state index in [0.717, 1.165) is 5.56 Å². The molecule has 2 aromatic carbocycles. The number of anilines is 1. The van der Waals surface area contributed by atoms with E-state index in [1.54, 1.807) is 60.9 Å². The van der Waals surface area contributed by atoms with Gasteiger partial charge in [-0.25, -0.2) is 0 Å². The topological polar surface area (TPSA) is 89.0 Å². The van der Waals surface area contributed by atoms with Crippen LogP contribution in [0.25, 0.3) is 5.76 Å². The molecule has 4 rings (SSSR count). The molecule has 0 bridgehead atoms. The number of hydrogen-bond donors (Lipinski definition) is 1. The molecular formula is C30H32N2O5. The molecule has 1 amide bonds. The van der Waals surface area contributed by atoms with Crippen molar-refractivity contribution < 1.29 is 24.2 Å². The lowest BCUT2D eigenvalue weighted by Crippen LogP contribution is -2.29. The molecular weight excluding hydrogens is 468 g/mol. The summed E-state index contributed by atoms with van der Waals surface area (Å²) in [5.41, 5.74) is 2.26. The number of ketones is 1. The summed E-state index contributed by atoms with van der Waals surface area (Å²) in [6.45, 7) is 11.0. The summed E-state index contributed by atoms with van der Waals surface area (Å²) in [6, 6.07) is 15.0. The molecule has 0 aliphatic carbocycles. The normalized spacial score (nSPS) is 17.2. The standard InChI is InChI=1S/C30H32N2O5/c1-6-36-22-11-9-21(10-12-22)32-26(19-14-16-31-17-15-19)25(28(34)29(32)35)27(33)20-8-13-24(37-7-2)23(18-20)30(3,4)5/h8-18,26,33H,6-7H2,1-5H3/b27-25-. The fourth-order valence-corrected chi connectivity index (χ4v) is 4.53. The van der Waals surface area contributed by atoms with Gasteiger partial charge in [0.15, 0.2) is 0 Å². The summed E-state index contributed by atoms with van der Waals surface area (Å²) < 4.78 is 11.3. The fraction of sp³-hybridized carbons (Fsp3) is 0.300. The van der Waals surface area contributed by atoms with E-state index in [-0.39, 0.29) is 16.7 Å². The number of Topliss-reactive ketones (excluding diaryl/α,β-unsaturated/α-hetero) is 1. The molecule has 7 heteroatoms. The first-order chi connectivity index (χ1) is 17.7. The highest BCUT2D eigenvalue weighted by Crippen LogP contribution is 2.43. The monoisotopic (exact) mass is 500 g/mol. The number of hydrogen-bond acceptors (Lipinski definition) is 6. The van der Waals surface area contributed by atoms with Crippen LogP contribution in [0.5, 0.6) is 11.5 Å². The van der Waals surface area contributed by atoms with Gasteiger partial charge in [0.2, 0.25) is 0 Å². The van der Waals surface area contributed by atoms with Gasteiger partial charge in [0.25, 0.3) is 11.7 Å². The molecule has 1 unspecified atom stereocenters. The first-order valence-corrected chi connectivity index (χ1v) is 12.4. The van der Waals surface area contributed by atoms with E-state index in [2.05, 4.69) is 25.8 Å². The lowest BCUT2D eigenvalue weighted by atomic mass is 9.84. The van der Waals surface area contributed by atoms with Crippen LogP contribution in [0.3, 0.4) is 0 Å². The minimum Gasteiger partial charge on any atom is -0.507 e. The number of amides is 1. The van der Waals surface area contributed by atoms with E-state index in [9.17, 15) is 14.7 Å². The Morgan fingerprint density at radius 2 is 1.59 bits per heavy atom. The van der Waals surface area contributed by atoms with Gasteiger partial charge in [-0.3, -0.25) is 19.5 Å². The number of aliphatic hydroxyl groups is 1. The number of aliphatic hydroxyl groups excluding tert-OH is 1. The lowest BCUT2D eigenvalue weighted by Gasteiger charge is -2.26. The molecule has 1 aromatic heterocycles. The van der Waals surface area contributed by atoms with Crippen LogP contribution in [0, 0.1) is 0 Å². The van der Waals surface area contributed by atoms with Crippen molar-refractivity contribution in [3.05, 3.63) is 89.3 Å². The Kier molecular flexibility index (Phi) is 7.34. The molecule has 1 atom stereocenters. The average Bonchev–Trinajstić information content (AvgIpc) is 3.15. The third kappa shape index (κ3) is 5.07. The molecule has 7 nitrogen and oxygen atoms in total. The summed E-state index contributed by atoms with van der Waals surface area (Å²) in [5, 5.41) is 11.5. The quantitative estimate of drug-likeness (QED) is 0.250. The number of pyridine rings is 1.